The first-order valence-electron chi connectivity index (χ1n) is 5.46. The van der Waals surface area contributed by atoms with E-state index in [1.165, 1.54) is 0 Å². The van der Waals surface area contributed by atoms with Crippen LogP contribution in [0.4, 0.5) is 0 Å². The number of hydrogen-bond acceptors (Lipinski definition) is 3. The van der Waals surface area contributed by atoms with Gasteiger partial charge in [0.25, 0.3) is 0 Å². The maximum atomic E-state index is 11.4. The number of nitrogens with two attached hydrogens (primary N) is 1. The number of hydrogen-bond donors (Lipinski definition) is 2. The van der Waals surface area contributed by atoms with Crippen molar-refractivity contribution in [2.24, 2.45) is 5.73 Å². The molecule has 6 heteroatoms. The zero-order valence-electron chi connectivity index (χ0n) is 10.2. The van der Waals surface area contributed by atoms with E-state index in [4.69, 9.17) is 22.1 Å². The molecule has 0 aliphatic heterocycles. The second-order valence-electron chi connectivity index (χ2n) is 3.63. The smallest absolute Gasteiger partial charge is 0.220 e. The van der Waals surface area contributed by atoms with E-state index in [-0.39, 0.29) is 18.3 Å². The second kappa shape index (κ2) is 9.03. The molecule has 0 saturated carbocycles. The summed E-state index contributed by atoms with van der Waals surface area (Å²) in [6.07, 6.45) is 1.15. The molecule has 0 aromatic heterocycles. The molecule has 18 heavy (non-hydrogen) atoms. The van der Waals surface area contributed by atoms with Crippen LogP contribution in [0.25, 0.3) is 0 Å². The Labute approximate surface area is 118 Å². The van der Waals surface area contributed by atoms with E-state index in [0.29, 0.717) is 36.7 Å². The lowest BCUT2D eigenvalue weighted by molar-refractivity contribution is -0.121. The lowest BCUT2D eigenvalue weighted by atomic mass is 10.2. The van der Waals surface area contributed by atoms with Gasteiger partial charge in [0.1, 0.15) is 5.75 Å². The van der Waals surface area contributed by atoms with E-state index >= 15 is 0 Å². The number of nitrogens with one attached hydrogen (secondary N) is 1. The van der Waals surface area contributed by atoms with Gasteiger partial charge in [-0.05, 0) is 25.1 Å². The summed E-state index contributed by atoms with van der Waals surface area (Å²) < 4.78 is 5.18. The van der Waals surface area contributed by atoms with Crippen molar-refractivity contribution in [3.63, 3.8) is 0 Å². The van der Waals surface area contributed by atoms with Gasteiger partial charge in [0.15, 0.2) is 0 Å². The van der Waals surface area contributed by atoms with Gasteiger partial charge in [0.05, 0.1) is 7.11 Å². The van der Waals surface area contributed by atoms with E-state index in [0.717, 1.165) is 5.56 Å². The molecule has 0 aliphatic carbocycles. The summed E-state index contributed by atoms with van der Waals surface area (Å²) >= 11 is 5.85. The Morgan fingerprint density at radius 1 is 1.50 bits per heavy atom. The molecule has 1 rings (SSSR count). The van der Waals surface area contributed by atoms with Crippen molar-refractivity contribution in [2.45, 2.75) is 19.4 Å². The predicted molar refractivity (Wildman–Crippen MR) is 75.4 cm³/mol. The average molecular weight is 293 g/mol. The third kappa shape index (κ3) is 5.58. The molecule has 0 saturated heterocycles. The van der Waals surface area contributed by atoms with Crippen molar-refractivity contribution in [1.82, 2.24) is 5.32 Å². The zero-order valence-corrected chi connectivity index (χ0v) is 11.8. The highest BCUT2D eigenvalue weighted by Crippen LogP contribution is 2.22. The van der Waals surface area contributed by atoms with E-state index in [1.807, 2.05) is 6.07 Å². The standard InChI is InChI=1S/C12H17ClN2O2.ClH/c1-17-11-7-10(13)5-4-9(11)8-15-12(16)3-2-6-14;/h4-5,7H,2-3,6,8,14H2,1H3,(H,15,16);1H. The van der Waals surface area contributed by atoms with Crippen LogP contribution >= 0.6 is 24.0 Å². The van der Waals surface area contributed by atoms with Gasteiger partial charge in [-0.3, -0.25) is 4.79 Å². The number of carbonyl (C=O) groups excluding carboxylic acids is 1. The topological polar surface area (TPSA) is 64.3 Å². The highest BCUT2D eigenvalue weighted by atomic mass is 35.5. The van der Waals surface area contributed by atoms with Gasteiger partial charge in [-0.15, -0.1) is 12.4 Å². The minimum absolute atomic E-state index is 0. The number of amides is 1. The number of ether oxygens (including phenoxy) is 1. The Morgan fingerprint density at radius 2 is 2.22 bits per heavy atom. The summed E-state index contributed by atoms with van der Waals surface area (Å²) in [4.78, 5) is 11.4. The Hall–Kier alpha value is -0.970. The fourth-order valence-corrected chi connectivity index (χ4v) is 1.57. The zero-order chi connectivity index (χ0) is 12.7. The molecule has 0 aliphatic rings. The van der Waals surface area contributed by atoms with Crippen molar-refractivity contribution in [2.75, 3.05) is 13.7 Å². The summed E-state index contributed by atoms with van der Waals surface area (Å²) in [6, 6.07) is 5.33. The van der Waals surface area contributed by atoms with E-state index < -0.39 is 0 Å². The highest BCUT2D eigenvalue weighted by Gasteiger charge is 2.05. The Kier molecular flexibility index (Phi) is 8.54. The molecule has 0 radical (unpaired) electrons. The summed E-state index contributed by atoms with van der Waals surface area (Å²) in [6.45, 7) is 0.960. The van der Waals surface area contributed by atoms with Gasteiger partial charge in [-0.2, -0.15) is 0 Å². The minimum Gasteiger partial charge on any atom is -0.496 e. The fourth-order valence-electron chi connectivity index (χ4n) is 1.41. The molecule has 1 amide bonds. The molecule has 0 atom stereocenters. The molecular formula is C12H18Cl2N2O2. The van der Waals surface area contributed by atoms with Crippen molar-refractivity contribution in [3.05, 3.63) is 28.8 Å². The van der Waals surface area contributed by atoms with Crippen molar-refractivity contribution >= 4 is 29.9 Å². The van der Waals surface area contributed by atoms with E-state index in [2.05, 4.69) is 5.32 Å². The van der Waals surface area contributed by atoms with E-state index in [1.54, 1.807) is 19.2 Å². The third-order valence-electron chi connectivity index (χ3n) is 2.33. The van der Waals surface area contributed by atoms with Crippen LogP contribution in [0, 0.1) is 0 Å². The molecule has 1 aromatic carbocycles. The van der Waals surface area contributed by atoms with Gasteiger partial charge >= 0.3 is 0 Å². The summed E-state index contributed by atoms with van der Waals surface area (Å²) in [5, 5.41) is 3.42. The Morgan fingerprint density at radius 3 is 2.83 bits per heavy atom. The first-order chi connectivity index (χ1) is 8.17. The molecule has 0 spiro atoms. The fraction of sp³-hybridized carbons (Fsp3) is 0.417. The van der Waals surface area contributed by atoms with Crippen LogP contribution in [0.5, 0.6) is 5.75 Å². The lowest BCUT2D eigenvalue weighted by Crippen LogP contribution is -2.23. The second-order valence-corrected chi connectivity index (χ2v) is 4.06. The molecule has 102 valence electrons. The van der Waals surface area contributed by atoms with Crippen molar-refractivity contribution in [3.8, 4) is 5.75 Å². The molecule has 0 heterocycles. The number of rotatable bonds is 6. The van der Waals surface area contributed by atoms with Crippen LogP contribution in [-0.2, 0) is 11.3 Å². The van der Waals surface area contributed by atoms with Crippen LogP contribution < -0.4 is 15.8 Å². The van der Waals surface area contributed by atoms with Gasteiger partial charge < -0.3 is 15.8 Å². The van der Waals surface area contributed by atoms with Crippen LogP contribution in [0.3, 0.4) is 0 Å². The van der Waals surface area contributed by atoms with Gasteiger partial charge in [-0.1, -0.05) is 17.7 Å². The largest absolute Gasteiger partial charge is 0.496 e. The van der Waals surface area contributed by atoms with Crippen molar-refractivity contribution in [1.29, 1.82) is 0 Å². The molecule has 3 N–H and O–H groups in total. The summed E-state index contributed by atoms with van der Waals surface area (Å²) in [5.41, 5.74) is 6.23. The molecule has 0 bridgehead atoms. The quantitative estimate of drug-likeness (QED) is 0.844. The van der Waals surface area contributed by atoms with Crippen LogP contribution in [0.2, 0.25) is 5.02 Å². The van der Waals surface area contributed by atoms with Gasteiger partial charge in [-0.25, -0.2) is 0 Å². The molecule has 1 aromatic rings. The van der Waals surface area contributed by atoms with Gasteiger partial charge in [0.2, 0.25) is 5.91 Å². The number of benzene rings is 1. The number of methoxy groups -OCH3 is 1. The number of carbonyl (C=O) groups is 1. The molecule has 0 fully saturated rings. The molecule has 0 unspecified atom stereocenters. The van der Waals surface area contributed by atoms with Crippen LogP contribution in [0.1, 0.15) is 18.4 Å². The van der Waals surface area contributed by atoms with Gasteiger partial charge in [0, 0.05) is 23.6 Å². The normalized spacial score (nSPS) is 9.50. The first-order valence-corrected chi connectivity index (χ1v) is 5.84. The number of halogens is 2. The Bertz CT molecular complexity index is 386. The maximum Gasteiger partial charge on any atom is 0.220 e. The van der Waals surface area contributed by atoms with E-state index in [9.17, 15) is 4.79 Å². The summed E-state index contributed by atoms with van der Waals surface area (Å²) in [7, 11) is 1.57. The van der Waals surface area contributed by atoms with Crippen molar-refractivity contribution < 1.29 is 9.53 Å². The third-order valence-corrected chi connectivity index (χ3v) is 2.57. The highest BCUT2D eigenvalue weighted by molar-refractivity contribution is 6.30. The predicted octanol–water partition coefficient (Wildman–Crippen LogP) is 2.13. The average Bonchev–Trinajstić information content (AvgIpc) is 2.34. The minimum atomic E-state index is -0.00699. The Balaban J connectivity index is 0.00000289. The monoisotopic (exact) mass is 292 g/mol. The lowest BCUT2D eigenvalue weighted by Gasteiger charge is -2.10. The molecule has 4 nitrogen and oxygen atoms in total. The maximum absolute atomic E-state index is 11.4. The summed E-state index contributed by atoms with van der Waals surface area (Å²) in [5.74, 6) is 0.670. The van der Waals surface area contributed by atoms with Crippen LogP contribution in [-0.4, -0.2) is 19.6 Å². The SMILES string of the molecule is COc1cc(Cl)ccc1CNC(=O)CCCN.Cl. The van der Waals surface area contributed by atoms with Crippen LogP contribution in [0.15, 0.2) is 18.2 Å². The molecular weight excluding hydrogens is 275 g/mol. The first kappa shape index (κ1) is 17.0.